The average Bonchev–Trinajstić information content (AvgIpc) is 3.58. The molecule has 0 bridgehead atoms. The van der Waals surface area contributed by atoms with Crippen LogP contribution in [0.15, 0.2) is 54.9 Å². The summed E-state index contributed by atoms with van der Waals surface area (Å²) in [6, 6.07) is 14.1. The van der Waals surface area contributed by atoms with Crippen molar-refractivity contribution in [1.82, 2.24) is 29.4 Å². The van der Waals surface area contributed by atoms with E-state index < -0.39 is 0 Å². The topological polar surface area (TPSA) is 92.5 Å². The summed E-state index contributed by atoms with van der Waals surface area (Å²) in [6.45, 7) is 7.54. The molecule has 1 aromatic carbocycles. The normalized spacial score (nSPS) is 16.9. The number of ether oxygens (including phenoxy) is 1. The first-order valence-electron chi connectivity index (χ1n) is 13.7. The van der Waals surface area contributed by atoms with E-state index in [0.29, 0.717) is 38.8 Å². The molecule has 40 heavy (non-hydrogen) atoms. The summed E-state index contributed by atoms with van der Waals surface area (Å²) in [5, 5.41) is 0. The number of thiophene rings is 1. The molecule has 2 aliphatic rings. The SMILES string of the molecule is CCc1nc2ccccc2n1-c1nc(N2CCOCC2)c2sc(CN3CCN(c4cccnc4)C(=O)C3)cc2n1. The third-order valence-electron chi connectivity index (χ3n) is 7.49. The summed E-state index contributed by atoms with van der Waals surface area (Å²) in [6.07, 6.45) is 4.25. The van der Waals surface area contributed by atoms with Crippen molar-refractivity contribution in [2.24, 2.45) is 0 Å². The summed E-state index contributed by atoms with van der Waals surface area (Å²) < 4.78 is 8.81. The Morgan fingerprint density at radius 1 is 0.975 bits per heavy atom. The first-order chi connectivity index (χ1) is 19.7. The van der Waals surface area contributed by atoms with Crippen LogP contribution in [0.4, 0.5) is 11.5 Å². The number of nitrogens with zero attached hydrogens (tertiary/aromatic N) is 8. The van der Waals surface area contributed by atoms with Crippen LogP contribution in [-0.2, 0) is 22.5 Å². The third kappa shape index (κ3) is 4.59. The maximum atomic E-state index is 13.0. The van der Waals surface area contributed by atoms with Crippen molar-refractivity contribution in [3.05, 3.63) is 65.6 Å². The molecule has 0 aliphatic carbocycles. The van der Waals surface area contributed by atoms with Crippen LogP contribution in [0.2, 0.25) is 0 Å². The summed E-state index contributed by atoms with van der Waals surface area (Å²) in [5.41, 5.74) is 3.72. The van der Waals surface area contributed by atoms with Gasteiger partial charge >= 0.3 is 0 Å². The Morgan fingerprint density at radius 3 is 2.65 bits per heavy atom. The van der Waals surface area contributed by atoms with E-state index in [0.717, 1.165) is 64.6 Å². The van der Waals surface area contributed by atoms with Crippen molar-refractivity contribution in [1.29, 1.82) is 0 Å². The Kier molecular flexibility index (Phi) is 6.62. The molecule has 7 rings (SSSR count). The van der Waals surface area contributed by atoms with Gasteiger partial charge in [0.1, 0.15) is 5.82 Å². The Balaban J connectivity index is 1.23. The van der Waals surface area contributed by atoms with Gasteiger partial charge in [-0.2, -0.15) is 4.98 Å². The number of fused-ring (bicyclic) bond motifs is 2. The van der Waals surface area contributed by atoms with Crippen LogP contribution >= 0.6 is 11.3 Å². The molecule has 11 heteroatoms. The molecule has 0 unspecified atom stereocenters. The number of aromatic nitrogens is 5. The van der Waals surface area contributed by atoms with Crippen LogP contribution in [0.25, 0.3) is 27.2 Å². The fourth-order valence-electron chi connectivity index (χ4n) is 5.52. The fraction of sp³-hybridized carbons (Fsp3) is 0.345. The Labute approximate surface area is 235 Å². The number of carbonyl (C=O) groups is 1. The Bertz CT molecular complexity index is 1680. The van der Waals surface area contributed by atoms with Crippen molar-refractivity contribution >= 4 is 50.0 Å². The highest BCUT2D eigenvalue weighted by Gasteiger charge is 2.27. The minimum Gasteiger partial charge on any atom is -0.378 e. The van der Waals surface area contributed by atoms with E-state index in [9.17, 15) is 4.79 Å². The van der Waals surface area contributed by atoms with Gasteiger partial charge in [0.25, 0.3) is 0 Å². The molecule has 5 aromatic rings. The number of anilines is 2. The largest absolute Gasteiger partial charge is 0.378 e. The van der Waals surface area contributed by atoms with Crippen molar-refractivity contribution in [2.45, 2.75) is 19.9 Å². The number of aryl methyl sites for hydroxylation is 1. The zero-order valence-electron chi connectivity index (χ0n) is 22.4. The van der Waals surface area contributed by atoms with E-state index >= 15 is 0 Å². The van der Waals surface area contributed by atoms with E-state index in [1.807, 2.05) is 35.2 Å². The molecule has 1 amide bonds. The second-order valence-electron chi connectivity index (χ2n) is 10.0. The second kappa shape index (κ2) is 10.6. The van der Waals surface area contributed by atoms with Crippen molar-refractivity contribution < 1.29 is 9.53 Å². The number of imidazole rings is 1. The number of morpholine rings is 1. The molecule has 0 N–H and O–H groups in total. The Morgan fingerprint density at radius 2 is 1.85 bits per heavy atom. The zero-order valence-corrected chi connectivity index (χ0v) is 23.2. The first kappa shape index (κ1) is 25.1. The van der Waals surface area contributed by atoms with Crippen LogP contribution in [0, 0.1) is 0 Å². The maximum Gasteiger partial charge on any atom is 0.241 e. The van der Waals surface area contributed by atoms with Gasteiger partial charge in [-0.15, -0.1) is 11.3 Å². The number of carbonyl (C=O) groups excluding carboxylic acids is 1. The number of benzene rings is 1. The van der Waals surface area contributed by atoms with Crippen molar-refractivity contribution in [2.75, 3.05) is 55.7 Å². The minimum atomic E-state index is 0.0931. The number of piperazine rings is 1. The van der Waals surface area contributed by atoms with Crippen LogP contribution in [-0.4, -0.2) is 81.2 Å². The monoisotopic (exact) mass is 554 g/mol. The molecule has 4 aromatic heterocycles. The van der Waals surface area contributed by atoms with Gasteiger partial charge in [0.05, 0.1) is 52.9 Å². The molecule has 10 nitrogen and oxygen atoms in total. The average molecular weight is 555 g/mol. The molecule has 0 saturated carbocycles. The summed E-state index contributed by atoms with van der Waals surface area (Å²) in [7, 11) is 0. The van der Waals surface area contributed by atoms with Gasteiger partial charge in [0, 0.05) is 50.2 Å². The van der Waals surface area contributed by atoms with Gasteiger partial charge in [0.15, 0.2) is 5.82 Å². The van der Waals surface area contributed by atoms with Gasteiger partial charge in [-0.25, -0.2) is 9.97 Å². The van der Waals surface area contributed by atoms with Gasteiger partial charge in [0.2, 0.25) is 11.9 Å². The van der Waals surface area contributed by atoms with Crippen LogP contribution in [0.3, 0.4) is 0 Å². The third-order valence-corrected chi connectivity index (χ3v) is 8.59. The highest BCUT2D eigenvalue weighted by molar-refractivity contribution is 7.19. The molecule has 0 radical (unpaired) electrons. The van der Waals surface area contributed by atoms with Crippen LogP contribution in [0.5, 0.6) is 0 Å². The molecule has 2 saturated heterocycles. The predicted octanol–water partition coefficient (Wildman–Crippen LogP) is 3.67. The fourth-order valence-corrected chi connectivity index (χ4v) is 6.67. The molecular weight excluding hydrogens is 524 g/mol. The number of para-hydroxylation sites is 2. The molecule has 0 spiro atoms. The minimum absolute atomic E-state index is 0.0931. The molecule has 6 heterocycles. The van der Waals surface area contributed by atoms with Gasteiger partial charge in [-0.3, -0.25) is 19.2 Å². The highest BCUT2D eigenvalue weighted by atomic mass is 32.1. The second-order valence-corrected chi connectivity index (χ2v) is 11.2. The quantitative estimate of drug-likeness (QED) is 0.314. The van der Waals surface area contributed by atoms with Crippen LogP contribution in [0.1, 0.15) is 17.6 Å². The number of amides is 1. The number of hydrogen-bond donors (Lipinski definition) is 0. The number of rotatable bonds is 6. The smallest absolute Gasteiger partial charge is 0.241 e. The van der Waals surface area contributed by atoms with E-state index in [-0.39, 0.29) is 5.91 Å². The lowest BCUT2D eigenvalue weighted by Crippen LogP contribution is -2.50. The Hall–Kier alpha value is -3.93. The molecule has 2 aliphatic heterocycles. The summed E-state index contributed by atoms with van der Waals surface area (Å²) in [5.74, 6) is 2.62. The summed E-state index contributed by atoms with van der Waals surface area (Å²) in [4.78, 5) is 39.7. The van der Waals surface area contributed by atoms with Gasteiger partial charge < -0.3 is 14.5 Å². The van der Waals surface area contributed by atoms with E-state index in [2.05, 4.69) is 38.4 Å². The highest BCUT2D eigenvalue weighted by Crippen LogP contribution is 2.35. The van der Waals surface area contributed by atoms with Crippen molar-refractivity contribution in [3.63, 3.8) is 0 Å². The summed E-state index contributed by atoms with van der Waals surface area (Å²) >= 11 is 1.72. The van der Waals surface area contributed by atoms with E-state index in [1.165, 1.54) is 4.88 Å². The first-order valence-corrected chi connectivity index (χ1v) is 14.5. The predicted molar refractivity (Wildman–Crippen MR) is 156 cm³/mol. The van der Waals surface area contributed by atoms with E-state index in [1.54, 1.807) is 23.7 Å². The maximum absolute atomic E-state index is 13.0. The lowest BCUT2D eigenvalue weighted by molar-refractivity contribution is -0.121. The lowest BCUT2D eigenvalue weighted by Gasteiger charge is -2.33. The molecule has 0 atom stereocenters. The van der Waals surface area contributed by atoms with Crippen LogP contribution < -0.4 is 9.80 Å². The van der Waals surface area contributed by atoms with Gasteiger partial charge in [-0.1, -0.05) is 19.1 Å². The van der Waals surface area contributed by atoms with Gasteiger partial charge in [-0.05, 0) is 30.3 Å². The number of hydrogen-bond acceptors (Lipinski definition) is 9. The molecule has 204 valence electrons. The standard InChI is InChI=1S/C29H30N8O2S/c1-2-25-31-22-7-3-4-8-24(22)37(25)29-32-23-16-21(40-27(23)28(33-29)35-12-14-39-15-13-35)18-34-10-11-36(26(38)19-34)20-6-5-9-30-17-20/h3-9,16-17H,2,10-15,18-19H2,1H3. The van der Waals surface area contributed by atoms with Crippen molar-refractivity contribution in [3.8, 4) is 5.95 Å². The number of pyridine rings is 1. The lowest BCUT2D eigenvalue weighted by atomic mass is 10.2. The van der Waals surface area contributed by atoms with E-state index in [4.69, 9.17) is 19.7 Å². The zero-order chi connectivity index (χ0) is 27.1. The molecular formula is C29H30N8O2S. The molecule has 2 fully saturated rings.